The van der Waals surface area contributed by atoms with Crippen molar-refractivity contribution in [3.05, 3.63) is 46.3 Å². The number of rotatable bonds is 6. The highest BCUT2D eigenvalue weighted by molar-refractivity contribution is 7.91. The highest BCUT2D eigenvalue weighted by atomic mass is 32.2. The molecule has 3 rings (SSSR count). The summed E-state index contributed by atoms with van der Waals surface area (Å²) in [6.45, 7) is 2.85. The molecule has 0 bridgehead atoms. The van der Waals surface area contributed by atoms with Crippen LogP contribution in [-0.2, 0) is 21.2 Å². The summed E-state index contributed by atoms with van der Waals surface area (Å²) in [4.78, 5) is 24.3. The Morgan fingerprint density at radius 3 is 2.50 bits per heavy atom. The topological polar surface area (TPSA) is 110 Å². The Kier molecular flexibility index (Phi) is 6.17. The minimum atomic E-state index is -3.48. The zero-order valence-corrected chi connectivity index (χ0v) is 17.2. The van der Waals surface area contributed by atoms with E-state index in [9.17, 15) is 18.0 Å². The smallest absolute Gasteiger partial charge is 0.252 e. The highest BCUT2D eigenvalue weighted by Gasteiger charge is 2.27. The fourth-order valence-corrected chi connectivity index (χ4v) is 6.23. The van der Waals surface area contributed by atoms with Crippen molar-refractivity contribution in [2.75, 3.05) is 18.4 Å². The van der Waals surface area contributed by atoms with Crippen LogP contribution in [0.3, 0.4) is 0 Å². The van der Waals surface area contributed by atoms with E-state index in [1.807, 2.05) is 0 Å². The number of aryl methyl sites for hydroxylation is 1. The fourth-order valence-electron chi connectivity index (χ4n) is 3.21. The predicted octanol–water partition coefficient (Wildman–Crippen LogP) is 2.51. The van der Waals surface area contributed by atoms with Crippen LogP contribution in [0.15, 0.2) is 34.5 Å². The molecule has 2 aromatic rings. The predicted molar refractivity (Wildman–Crippen MR) is 109 cm³/mol. The lowest BCUT2D eigenvalue weighted by atomic mass is 10.1. The lowest BCUT2D eigenvalue weighted by Crippen LogP contribution is -2.35. The van der Waals surface area contributed by atoms with E-state index >= 15 is 0 Å². The lowest BCUT2D eigenvalue weighted by molar-refractivity contribution is -0.115. The second-order valence-electron chi connectivity index (χ2n) is 6.80. The van der Waals surface area contributed by atoms with Crippen LogP contribution in [0.1, 0.15) is 40.1 Å². The SMILES string of the molecule is Cc1cc(NC(=O)Cc2ccc(S(=O)(=O)N3CCCCC3)s2)ccc1C(N)=O. The van der Waals surface area contributed by atoms with Gasteiger partial charge in [0, 0.05) is 29.2 Å². The number of anilines is 1. The summed E-state index contributed by atoms with van der Waals surface area (Å²) in [6, 6.07) is 8.12. The second kappa shape index (κ2) is 8.42. The summed E-state index contributed by atoms with van der Waals surface area (Å²) < 4.78 is 27.2. The number of sulfonamides is 1. The van der Waals surface area contributed by atoms with Gasteiger partial charge in [0.15, 0.2) is 0 Å². The van der Waals surface area contributed by atoms with Crippen LogP contribution in [0, 0.1) is 6.92 Å². The van der Waals surface area contributed by atoms with Crippen LogP contribution >= 0.6 is 11.3 Å². The molecule has 1 fully saturated rings. The van der Waals surface area contributed by atoms with Crippen molar-refractivity contribution in [2.45, 2.75) is 36.8 Å². The highest BCUT2D eigenvalue weighted by Crippen LogP contribution is 2.27. The molecular formula is C19H23N3O4S2. The average Bonchev–Trinajstić information content (AvgIpc) is 3.11. The number of hydrogen-bond donors (Lipinski definition) is 2. The molecule has 0 saturated carbocycles. The lowest BCUT2D eigenvalue weighted by Gasteiger charge is -2.25. The summed E-state index contributed by atoms with van der Waals surface area (Å²) in [6.07, 6.45) is 2.90. The van der Waals surface area contributed by atoms with Crippen LogP contribution in [-0.4, -0.2) is 37.6 Å². The molecule has 1 saturated heterocycles. The Bertz CT molecular complexity index is 992. The molecule has 3 N–H and O–H groups in total. The van der Waals surface area contributed by atoms with Crippen LogP contribution < -0.4 is 11.1 Å². The molecule has 2 amide bonds. The van der Waals surface area contributed by atoms with Crippen molar-refractivity contribution < 1.29 is 18.0 Å². The van der Waals surface area contributed by atoms with E-state index in [-0.39, 0.29) is 16.5 Å². The van der Waals surface area contributed by atoms with Gasteiger partial charge in [-0.25, -0.2) is 8.42 Å². The first-order chi connectivity index (χ1) is 13.3. The van der Waals surface area contributed by atoms with Gasteiger partial charge >= 0.3 is 0 Å². The number of piperidine rings is 1. The van der Waals surface area contributed by atoms with Crippen molar-refractivity contribution in [3.8, 4) is 0 Å². The third-order valence-corrected chi connectivity index (χ3v) is 8.11. The molecule has 0 atom stereocenters. The molecule has 0 unspecified atom stereocenters. The van der Waals surface area contributed by atoms with Gasteiger partial charge in [0.2, 0.25) is 11.8 Å². The maximum atomic E-state index is 12.7. The monoisotopic (exact) mass is 421 g/mol. The number of carbonyl (C=O) groups excluding carboxylic acids is 2. The molecule has 9 heteroatoms. The number of amides is 2. The van der Waals surface area contributed by atoms with E-state index in [0.717, 1.165) is 30.6 Å². The normalized spacial score (nSPS) is 15.3. The maximum absolute atomic E-state index is 12.7. The second-order valence-corrected chi connectivity index (χ2v) is 10.1. The summed E-state index contributed by atoms with van der Waals surface area (Å²) in [5, 5.41) is 2.76. The van der Waals surface area contributed by atoms with E-state index in [1.54, 1.807) is 37.3 Å². The van der Waals surface area contributed by atoms with Gasteiger partial charge in [-0.05, 0) is 55.7 Å². The first-order valence-electron chi connectivity index (χ1n) is 9.06. The van der Waals surface area contributed by atoms with Gasteiger partial charge in [-0.3, -0.25) is 9.59 Å². The molecule has 7 nitrogen and oxygen atoms in total. The number of thiophene rings is 1. The summed E-state index contributed by atoms with van der Waals surface area (Å²) in [7, 11) is -3.48. The van der Waals surface area contributed by atoms with E-state index in [2.05, 4.69) is 5.32 Å². The number of nitrogens with one attached hydrogen (secondary N) is 1. The van der Waals surface area contributed by atoms with Crippen LogP contribution in [0.5, 0.6) is 0 Å². The Morgan fingerprint density at radius 2 is 1.86 bits per heavy atom. The van der Waals surface area contributed by atoms with Crippen molar-refractivity contribution >= 4 is 38.9 Å². The first-order valence-corrected chi connectivity index (χ1v) is 11.3. The van der Waals surface area contributed by atoms with Gasteiger partial charge in [0.05, 0.1) is 6.42 Å². The fraction of sp³-hybridized carbons (Fsp3) is 0.368. The van der Waals surface area contributed by atoms with Gasteiger partial charge < -0.3 is 11.1 Å². The van der Waals surface area contributed by atoms with Gasteiger partial charge in [0.25, 0.3) is 10.0 Å². The molecule has 0 aliphatic carbocycles. The van der Waals surface area contributed by atoms with Gasteiger partial charge in [-0.15, -0.1) is 11.3 Å². The van der Waals surface area contributed by atoms with Crippen molar-refractivity contribution in [1.29, 1.82) is 0 Å². The molecular weight excluding hydrogens is 398 g/mol. The van der Waals surface area contributed by atoms with Gasteiger partial charge in [-0.2, -0.15) is 4.31 Å². The molecule has 150 valence electrons. The standard InChI is InChI=1S/C19H23N3O4S2/c1-13-11-14(5-7-16(13)19(20)24)21-17(23)12-15-6-8-18(27-15)28(25,26)22-9-3-2-4-10-22/h5-8,11H,2-4,9-10,12H2,1H3,(H2,20,24)(H,21,23). The zero-order chi connectivity index (χ0) is 20.3. The third-order valence-electron chi connectivity index (χ3n) is 4.66. The Morgan fingerprint density at radius 1 is 1.14 bits per heavy atom. The van der Waals surface area contributed by atoms with Crippen molar-refractivity contribution in [3.63, 3.8) is 0 Å². The number of hydrogen-bond acceptors (Lipinski definition) is 5. The van der Waals surface area contributed by atoms with E-state index in [4.69, 9.17) is 5.73 Å². The largest absolute Gasteiger partial charge is 0.366 e. The minimum absolute atomic E-state index is 0.0802. The summed E-state index contributed by atoms with van der Waals surface area (Å²) >= 11 is 1.13. The number of nitrogens with two attached hydrogens (primary N) is 1. The quantitative estimate of drug-likeness (QED) is 0.747. The molecule has 2 heterocycles. The minimum Gasteiger partial charge on any atom is -0.366 e. The Labute approximate surface area is 168 Å². The molecule has 1 aromatic carbocycles. The maximum Gasteiger partial charge on any atom is 0.252 e. The number of primary amides is 1. The van der Waals surface area contributed by atoms with Crippen LogP contribution in [0.4, 0.5) is 5.69 Å². The summed E-state index contributed by atoms with van der Waals surface area (Å²) in [5.74, 6) is -0.772. The molecule has 1 aliphatic rings. The number of carbonyl (C=O) groups is 2. The Hall–Kier alpha value is -2.23. The van der Waals surface area contributed by atoms with Crippen LogP contribution in [0.25, 0.3) is 0 Å². The average molecular weight is 422 g/mol. The van der Waals surface area contributed by atoms with Crippen LogP contribution in [0.2, 0.25) is 0 Å². The molecule has 28 heavy (non-hydrogen) atoms. The van der Waals surface area contributed by atoms with Crippen molar-refractivity contribution in [2.24, 2.45) is 5.73 Å². The molecule has 1 aliphatic heterocycles. The first kappa shape index (κ1) is 20.5. The Balaban J connectivity index is 1.65. The van der Waals surface area contributed by atoms with E-state index in [0.29, 0.717) is 34.8 Å². The molecule has 0 spiro atoms. The third kappa shape index (κ3) is 4.60. The van der Waals surface area contributed by atoms with Crippen molar-refractivity contribution in [1.82, 2.24) is 4.31 Å². The van der Waals surface area contributed by atoms with E-state index in [1.165, 1.54) is 4.31 Å². The van der Waals surface area contributed by atoms with Gasteiger partial charge in [0.1, 0.15) is 4.21 Å². The molecule has 1 aromatic heterocycles. The van der Waals surface area contributed by atoms with E-state index < -0.39 is 15.9 Å². The summed E-state index contributed by atoms with van der Waals surface area (Å²) in [5.41, 5.74) is 6.93. The van der Waals surface area contributed by atoms with Gasteiger partial charge in [-0.1, -0.05) is 6.42 Å². The number of benzene rings is 1. The number of nitrogens with zero attached hydrogens (tertiary/aromatic N) is 1. The zero-order valence-electron chi connectivity index (χ0n) is 15.6. The molecule has 0 radical (unpaired) electrons.